The molecule has 14 nitrogen and oxygen atoms in total. The molecule has 0 aliphatic carbocycles. The Morgan fingerprint density at radius 1 is 0.850 bits per heavy atom. The normalized spacial score (nSPS) is 9.40. The Morgan fingerprint density at radius 2 is 1.15 bits per heavy atom. The van der Waals surface area contributed by atoms with Crippen molar-refractivity contribution < 1.29 is 20.3 Å². The van der Waals surface area contributed by atoms with Gasteiger partial charge < -0.3 is 30.6 Å². The molecule has 0 saturated heterocycles. The van der Waals surface area contributed by atoms with Gasteiger partial charge in [-0.3, -0.25) is 0 Å². The summed E-state index contributed by atoms with van der Waals surface area (Å²) in [6.07, 6.45) is 0. The second-order valence-electron chi connectivity index (χ2n) is 2.76. The molecule has 16 heteroatoms. The summed E-state index contributed by atoms with van der Waals surface area (Å²) in [6, 6.07) is 0. The van der Waals surface area contributed by atoms with Crippen molar-refractivity contribution in [1.82, 2.24) is 29.9 Å². The Kier molecular flexibility index (Phi) is 7.80. The minimum absolute atomic E-state index is 0. The quantitative estimate of drug-likeness (QED) is 0.262. The molecule has 0 aromatic carbocycles. The summed E-state index contributed by atoms with van der Waals surface area (Å²) in [5, 5.41) is 45.0. The fraction of sp³-hybridized carbons (Fsp3) is 0. The average Bonchev–Trinajstić information content (AvgIpc) is 2.82. The van der Waals surface area contributed by atoms with Gasteiger partial charge in [0.1, 0.15) is 0 Å². The number of nitrogens with zero attached hydrogens (tertiary/aromatic N) is 8. The molecule has 20 heavy (non-hydrogen) atoms. The molecule has 0 bridgehead atoms. The van der Waals surface area contributed by atoms with E-state index in [0.29, 0.717) is 0 Å². The van der Waals surface area contributed by atoms with Gasteiger partial charge in [-0.2, -0.15) is 0 Å². The molecule has 98 valence electrons. The Morgan fingerprint density at radius 3 is 1.35 bits per heavy atom. The van der Waals surface area contributed by atoms with Crippen molar-refractivity contribution in [2.75, 3.05) is 0 Å². The summed E-state index contributed by atoms with van der Waals surface area (Å²) in [4.78, 5) is 25.0. The molecule has 2 aromatic rings. The molecule has 0 atom stereocenters. The SMILES string of the molecule is O=[N+]([O-])c1nc(-c2nc([N+](=O)[O-])nn2O)n(O)n1.[KH].[KH]. The first kappa shape index (κ1) is 20.0. The van der Waals surface area contributed by atoms with Crippen LogP contribution in [0.5, 0.6) is 0 Å². The van der Waals surface area contributed by atoms with Crippen LogP contribution in [0.25, 0.3) is 11.6 Å². The van der Waals surface area contributed by atoms with Gasteiger partial charge >= 0.3 is 126 Å². The van der Waals surface area contributed by atoms with E-state index in [4.69, 9.17) is 0 Å². The van der Waals surface area contributed by atoms with Gasteiger partial charge in [0.25, 0.3) is 0 Å². The fourth-order valence-electron chi connectivity index (χ4n) is 1.02. The van der Waals surface area contributed by atoms with Crippen LogP contribution in [-0.4, -0.2) is 153 Å². The second kappa shape index (κ2) is 7.82. The minimum atomic E-state index is -1.01. The number of hydrogen-bond donors (Lipinski definition) is 2. The molecule has 2 rings (SSSR count). The molecule has 0 unspecified atom stereocenters. The van der Waals surface area contributed by atoms with E-state index in [-0.39, 0.29) is 112 Å². The van der Waals surface area contributed by atoms with E-state index < -0.39 is 33.4 Å². The second-order valence-corrected chi connectivity index (χ2v) is 2.76. The molecule has 0 amide bonds. The number of nitro groups is 2. The van der Waals surface area contributed by atoms with E-state index in [1.807, 2.05) is 0 Å². The molecular formula is C4H4K2N8O6. The van der Waals surface area contributed by atoms with E-state index in [0.717, 1.165) is 0 Å². The third kappa shape index (κ3) is 3.99. The van der Waals surface area contributed by atoms with Crippen LogP contribution in [0.15, 0.2) is 0 Å². The average molecular weight is 338 g/mol. The first-order valence-corrected chi connectivity index (χ1v) is 4.02. The van der Waals surface area contributed by atoms with E-state index in [2.05, 4.69) is 20.2 Å². The monoisotopic (exact) mass is 338 g/mol. The van der Waals surface area contributed by atoms with Gasteiger partial charge in [0.05, 0.1) is 10.2 Å². The summed E-state index contributed by atoms with van der Waals surface area (Å²) in [7, 11) is 0. The Hall–Kier alpha value is -0.0473. The molecule has 0 saturated carbocycles. The van der Waals surface area contributed by atoms with Gasteiger partial charge in [0.15, 0.2) is 0 Å². The van der Waals surface area contributed by atoms with Crippen molar-refractivity contribution in [1.29, 1.82) is 0 Å². The van der Waals surface area contributed by atoms with Crippen molar-refractivity contribution in [3.8, 4) is 11.6 Å². The van der Waals surface area contributed by atoms with Crippen LogP contribution in [0.3, 0.4) is 0 Å². The molecule has 2 N–H and O–H groups in total. The Bertz CT molecular complexity index is 595. The molecule has 0 spiro atoms. The van der Waals surface area contributed by atoms with Gasteiger partial charge in [0.2, 0.25) is 0 Å². The summed E-state index contributed by atoms with van der Waals surface area (Å²) in [5.74, 6) is -3.30. The zero-order chi connectivity index (χ0) is 13.4. The van der Waals surface area contributed by atoms with Crippen molar-refractivity contribution in [2.45, 2.75) is 0 Å². The maximum atomic E-state index is 10.3. The summed E-state index contributed by atoms with van der Waals surface area (Å²) >= 11 is 0. The number of hydrogen-bond acceptors (Lipinski definition) is 10. The van der Waals surface area contributed by atoms with Crippen LogP contribution in [0.4, 0.5) is 11.9 Å². The molecule has 2 aromatic heterocycles. The predicted molar refractivity (Wildman–Crippen MR) is 61.0 cm³/mol. The molecule has 0 radical (unpaired) electrons. The molecular weight excluding hydrogens is 334 g/mol. The fourth-order valence-corrected chi connectivity index (χ4v) is 1.02. The van der Waals surface area contributed by atoms with Crippen LogP contribution < -0.4 is 0 Å². The van der Waals surface area contributed by atoms with Gasteiger partial charge in [-0.15, -0.1) is 0 Å². The van der Waals surface area contributed by atoms with E-state index >= 15 is 0 Å². The van der Waals surface area contributed by atoms with E-state index in [1.165, 1.54) is 0 Å². The van der Waals surface area contributed by atoms with Crippen LogP contribution in [-0.2, 0) is 0 Å². The first-order chi connectivity index (χ1) is 8.40. The van der Waals surface area contributed by atoms with Crippen LogP contribution >= 0.6 is 0 Å². The maximum absolute atomic E-state index is 10.3. The van der Waals surface area contributed by atoms with Crippen molar-refractivity contribution in [2.24, 2.45) is 0 Å². The Labute approximate surface area is 193 Å². The zero-order valence-electron chi connectivity index (χ0n) is 8.11. The molecule has 0 fully saturated rings. The van der Waals surface area contributed by atoms with Gasteiger partial charge in [-0.05, 0) is 19.8 Å². The molecule has 0 aliphatic rings. The van der Waals surface area contributed by atoms with Crippen LogP contribution in [0, 0.1) is 20.2 Å². The summed E-state index contributed by atoms with van der Waals surface area (Å²) in [5.41, 5.74) is 0. The van der Waals surface area contributed by atoms with Gasteiger partial charge in [-0.25, -0.2) is 0 Å². The van der Waals surface area contributed by atoms with Crippen molar-refractivity contribution >= 4 is 115 Å². The third-order valence-corrected chi connectivity index (χ3v) is 1.69. The van der Waals surface area contributed by atoms with E-state index in [1.54, 1.807) is 0 Å². The number of rotatable bonds is 3. The summed E-state index contributed by atoms with van der Waals surface area (Å²) < 4.78 is 0. The molecule has 0 aliphatic heterocycles. The van der Waals surface area contributed by atoms with Crippen molar-refractivity contribution in [3.63, 3.8) is 0 Å². The third-order valence-electron chi connectivity index (χ3n) is 1.69. The van der Waals surface area contributed by atoms with E-state index in [9.17, 15) is 30.6 Å². The first-order valence-electron chi connectivity index (χ1n) is 4.02. The zero-order valence-corrected chi connectivity index (χ0v) is 8.11. The standard InChI is InChI=1S/C4H2N8O6.2K.2H/c13-9-1(5-3(7-9)11(15)16)2-6-4(12(17)18)8-10(2)14;;;;/h13-14H;;;;. The van der Waals surface area contributed by atoms with Crippen LogP contribution in [0.2, 0.25) is 0 Å². The van der Waals surface area contributed by atoms with Gasteiger partial charge in [-0.1, -0.05) is 0 Å². The van der Waals surface area contributed by atoms with Crippen LogP contribution in [0.1, 0.15) is 0 Å². The summed E-state index contributed by atoms with van der Waals surface area (Å²) in [6.45, 7) is 0. The van der Waals surface area contributed by atoms with Gasteiger partial charge in [0, 0.05) is 9.69 Å². The predicted octanol–water partition coefficient (Wildman–Crippen LogP) is -2.47. The number of aromatic nitrogens is 6. The topological polar surface area (TPSA) is 188 Å². The van der Waals surface area contributed by atoms with Crippen molar-refractivity contribution in [3.05, 3.63) is 20.2 Å². The molecule has 2 heterocycles. The Balaban J connectivity index is 0.00000180.